The summed E-state index contributed by atoms with van der Waals surface area (Å²) >= 11 is 0. The van der Waals surface area contributed by atoms with Crippen LogP contribution in [0.4, 0.5) is 0 Å². The number of pyridine rings is 1. The smallest absolute Gasteiger partial charge is 0.356 e. The van der Waals surface area contributed by atoms with Crippen molar-refractivity contribution in [2.75, 3.05) is 13.2 Å². The lowest BCUT2D eigenvalue weighted by Gasteiger charge is -2.08. The Morgan fingerprint density at radius 3 is 2.22 bits per heavy atom. The first-order chi connectivity index (χ1) is 11.0. The van der Waals surface area contributed by atoms with Gasteiger partial charge in [-0.2, -0.15) is 0 Å². The molecule has 1 aromatic rings. The Kier molecular flexibility index (Phi) is 8.95. The van der Waals surface area contributed by atoms with Gasteiger partial charge in [0.1, 0.15) is 11.4 Å². The molecule has 0 N–H and O–H groups in total. The molecule has 0 saturated heterocycles. The summed E-state index contributed by atoms with van der Waals surface area (Å²) in [6.07, 6.45) is 5.45. The molecule has 0 spiro atoms. The van der Waals surface area contributed by atoms with E-state index in [1.165, 1.54) is 18.9 Å². The quantitative estimate of drug-likeness (QED) is 0.481. The summed E-state index contributed by atoms with van der Waals surface area (Å²) in [6.45, 7) is 6.77. The maximum Gasteiger partial charge on any atom is 0.356 e. The predicted molar refractivity (Wildman–Crippen MR) is 88.4 cm³/mol. The molecule has 0 atom stereocenters. The van der Waals surface area contributed by atoms with Gasteiger partial charge in [0, 0.05) is 0 Å². The van der Waals surface area contributed by atoms with Crippen molar-refractivity contribution in [1.82, 2.24) is 4.98 Å². The average Bonchev–Trinajstić information content (AvgIpc) is 2.55. The van der Waals surface area contributed by atoms with Gasteiger partial charge in [0.2, 0.25) is 0 Å². The summed E-state index contributed by atoms with van der Waals surface area (Å²) in [4.78, 5) is 27.8. The van der Waals surface area contributed by atoms with Gasteiger partial charge in [0.05, 0.1) is 13.2 Å². The van der Waals surface area contributed by atoms with Crippen LogP contribution < -0.4 is 0 Å². The molecule has 1 aromatic heterocycles. The third-order valence-electron chi connectivity index (χ3n) is 3.20. The number of carbonyl (C=O) groups is 2. The van der Waals surface area contributed by atoms with Crippen LogP contribution in [-0.4, -0.2) is 30.1 Å². The molecule has 0 aliphatic rings. The van der Waals surface area contributed by atoms with Gasteiger partial charge in [0.15, 0.2) is 0 Å². The maximum atomic E-state index is 11.9. The van der Waals surface area contributed by atoms with Crippen LogP contribution in [0.5, 0.6) is 0 Å². The van der Waals surface area contributed by atoms with Crippen molar-refractivity contribution < 1.29 is 19.1 Å². The molecule has 5 nitrogen and oxygen atoms in total. The number of hydrogen-bond donors (Lipinski definition) is 0. The highest BCUT2D eigenvalue weighted by molar-refractivity contribution is 5.91. The van der Waals surface area contributed by atoms with E-state index in [1.807, 2.05) is 13.8 Å². The molecule has 5 heteroatoms. The highest BCUT2D eigenvalue weighted by Gasteiger charge is 2.14. The monoisotopic (exact) mass is 321 g/mol. The van der Waals surface area contributed by atoms with E-state index in [2.05, 4.69) is 11.9 Å². The Morgan fingerprint density at radius 1 is 1.00 bits per heavy atom. The van der Waals surface area contributed by atoms with E-state index >= 15 is 0 Å². The lowest BCUT2D eigenvalue weighted by molar-refractivity contribution is 0.0450. The molecule has 1 heterocycles. The van der Waals surface area contributed by atoms with E-state index in [0.717, 1.165) is 19.3 Å². The topological polar surface area (TPSA) is 65.5 Å². The summed E-state index contributed by atoms with van der Waals surface area (Å²) in [5.41, 5.74) is 0.264. The zero-order valence-electron chi connectivity index (χ0n) is 14.3. The Balaban J connectivity index is 2.45. The molecule has 128 valence electrons. The molecule has 0 bridgehead atoms. The number of ether oxygens (including phenoxy) is 2. The standard InChI is InChI=1S/C18H27NO4/c1-4-5-6-7-8-12-22-17(20)15-10-9-11-16(19-15)18(21)23-13-14(2)3/h9-11,14H,4-8,12-13H2,1-3H3. The largest absolute Gasteiger partial charge is 0.461 e. The minimum Gasteiger partial charge on any atom is -0.461 e. The van der Waals surface area contributed by atoms with Gasteiger partial charge in [-0.1, -0.05) is 52.5 Å². The fourth-order valence-corrected chi connectivity index (χ4v) is 1.92. The number of nitrogens with zero attached hydrogens (tertiary/aromatic N) is 1. The fourth-order valence-electron chi connectivity index (χ4n) is 1.92. The Morgan fingerprint density at radius 2 is 1.61 bits per heavy atom. The molecule has 0 fully saturated rings. The molecule has 0 radical (unpaired) electrons. The van der Waals surface area contributed by atoms with Crippen molar-refractivity contribution in [2.45, 2.75) is 52.9 Å². The van der Waals surface area contributed by atoms with Crippen LogP contribution in [0.1, 0.15) is 73.9 Å². The second-order valence-electron chi connectivity index (χ2n) is 5.95. The van der Waals surface area contributed by atoms with Crippen LogP contribution >= 0.6 is 0 Å². The second-order valence-corrected chi connectivity index (χ2v) is 5.95. The van der Waals surface area contributed by atoms with Gasteiger partial charge < -0.3 is 9.47 Å². The summed E-state index contributed by atoms with van der Waals surface area (Å²) in [6, 6.07) is 4.68. The van der Waals surface area contributed by atoms with Crippen LogP contribution in [0, 0.1) is 5.92 Å². The predicted octanol–water partition coefficient (Wildman–Crippen LogP) is 4.02. The fraction of sp³-hybridized carbons (Fsp3) is 0.611. The van der Waals surface area contributed by atoms with E-state index in [4.69, 9.17) is 9.47 Å². The van der Waals surface area contributed by atoms with Crippen molar-refractivity contribution >= 4 is 11.9 Å². The Hall–Kier alpha value is -1.91. The first kappa shape index (κ1) is 19.1. The van der Waals surface area contributed by atoms with Gasteiger partial charge in [-0.05, 0) is 24.5 Å². The van der Waals surface area contributed by atoms with E-state index in [1.54, 1.807) is 12.1 Å². The molecule has 23 heavy (non-hydrogen) atoms. The Bertz CT molecular complexity index is 500. The number of aromatic nitrogens is 1. The van der Waals surface area contributed by atoms with Crippen molar-refractivity contribution in [3.63, 3.8) is 0 Å². The third-order valence-corrected chi connectivity index (χ3v) is 3.20. The SMILES string of the molecule is CCCCCCCOC(=O)c1cccc(C(=O)OCC(C)C)n1. The first-order valence-corrected chi connectivity index (χ1v) is 8.36. The summed E-state index contributed by atoms with van der Waals surface area (Å²) in [5.74, 6) is -0.772. The number of hydrogen-bond acceptors (Lipinski definition) is 5. The highest BCUT2D eigenvalue weighted by atomic mass is 16.5. The van der Waals surface area contributed by atoms with Crippen molar-refractivity contribution in [3.8, 4) is 0 Å². The van der Waals surface area contributed by atoms with Gasteiger partial charge >= 0.3 is 11.9 Å². The van der Waals surface area contributed by atoms with Crippen molar-refractivity contribution in [1.29, 1.82) is 0 Å². The Labute approximate surface area is 138 Å². The van der Waals surface area contributed by atoms with Crippen molar-refractivity contribution in [3.05, 3.63) is 29.6 Å². The molecule has 0 aliphatic carbocycles. The zero-order valence-corrected chi connectivity index (χ0v) is 14.3. The van der Waals surface area contributed by atoms with E-state index < -0.39 is 11.9 Å². The number of rotatable bonds is 10. The van der Waals surface area contributed by atoms with E-state index in [9.17, 15) is 9.59 Å². The zero-order chi connectivity index (χ0) is 17.1. The van der Waals surface area contributed by atoms with E-state index in [-0.39, 0.29) is 17.3 Å². The molecule has 0 unspecified atom stereocenters. The molecule has 1 rings (SSSR count). The minimum atomic E-state index is -0.520. The lowest BCUT2D eigenvalue weighted by Crippen LogP contribution is -2.15. The van der Waals surface area contributed by atoms with Crippen LogP contribution in [0.2, 0.25) is 0 Å². The normalized spacial score (nSPS) is 10.6. The number of carbonyl (C=O) groups excluding carboxylic acids is 2. The molecular weight excluding hydrogens is 294 g/mol. The summed E-state index contributed by atoms with van der Waals surface area (Å²) < 4.78 is 10.3. The first-order valence-electron chi connectivity index (χ1n) is 8.36. The minimum absolute atomic E-state index is 0.128. The average molecular weight is 321 g/mol. The lowest BCUT2D eigenvalue weighted by atomic mass is 10.2. The van der Waals surface area contributed by atoms with Crippen LogP contribution in [-0.2, 0) is 9.47 Å². The molecule has 0 amide bonds. The summed E-state index contributed by atoms with van der Waals surface area (Å²) in [7, 11) is 0. The van der Waals surface area contributed by atoms with Gasteiger partial charge in [-0.15, -0.1) is 0 Å². The van der Waals surface area contributed by atoms with Crippen LogP contribution in [0.3, 0.4) is 0 Å². The molecule has 0 aliphatic heterocycles. The third kappa shape index (κ3) is 7.77. The van der Waals surface area contributed by atoms with Gasteiger partial charge in [-0.25, -0.2) is 14.6 Å². The van der Waals surface area contributed by atoms with E-state index in [0.29, 0.717) is 13.2 Å². The second kappa shape index (κ2) is 10.8. The number of unbranched alkanes of at least 4 members (excludes halogenated alkanes) is 4. The van der Waals surface area contributed by atoms with Crippen molar-refractivity contribution in [2.24, 2.45) is 5.92 Å². The summed E-state index contributed by atoms with van der Waals surface area (Å²) in [5, 5.41) is 0. The van der Waals surface area contributed by atoms with Crippen LogP contribution in [0.25, 0.3) is 0 Å². The van der Waals surface area contributed by atoms with Gasteiger partial charge in [-0.3, -0.25) is 0 Å². The molecule has 0 saturated carbocycles. The molecule has 0 aromatic carbocycles. The number of esters is 2. The van der Waals surface area contributed by atoms with Gasteiger partial charge in [0.25, 0.3) is 0 Å². The maximum absolute atomic E-state index is 11.9. The molecular formula is C18H27NO4. The van der Waals surface area contributed by atoms with Crippen LogP contribution in [0.15, 0.2) is 18.2 Å². The highest BCUT2D eigenvalue weighted by Crippen LogP contribution is 2.07.